The van der Waals surface area contributed by atoms with E-state index in [1.807, 2.05) is 0 Å². The van der Waals surface area contributed by atoms with E-state index in [0.29, 0.717) is 0 Å². The molecule has 1 aromatic heterocycles. The van der Waals surface area contributed by atoms with Crippen molar-refractivity contribution in [1.29, 1.82) is 0 Å². The van der Waals surface area contributed by atoms with Gasteiger partial charge in [0.25, 0.3) is 5.82 Å². The number of imidazole rings is 1. The van der Waals surface area contributed by atoms with Crippen molar-refractivity contribution in [2.45, 2.75) is 246 Å². The predicted molar refractivity (Wildman–Crippen MR) is 193 cm³/mol. The average Bonchev–Trinajstić information content (AvgIpc) is 3.40. The van der Waals surface area contributed by atoms with E-state index in [2.05, 4.69) is 42.3 Å². The van der Waals surface area contributed by atoms with Gasteiger partial charge in [0, 0.05) is 6.42 Å². The van der Waals surface area contributed by atoms with Gasteiger partial charge in [0.05, 0.1) is 13.1 Å². The van der Waals surface area contributed by atoms with Crippen LogP contribution in [0.25, 0.3) is 0 Å². The third kappa shape index (κ3) is 25.1. The Labute approximate surface area is 272 Å². The Morgan fingerprint density at radius 3 is 1.12 bits per heavy atom. The molecule has 0 N–H and O–H groups in total. The van der Waals surface area contributed by atoms with Gasteiger partial charge >= 0.3 is 0 Å². The standard InChI is InChI=1S/C41H81N2/c1-4-7-10-12-14-16-18-20-22-24-26-28-30-32-35-38-43-40-39-42(41(43)36-33-9-6-3)37-34-31-29-27-25-23-21-19-17-15-13-11-8-5-2/h39-40H,4-38H2,1-3H3/q+1. The van der Waals surface area contributed by atoms with Crippen LogP contribution in [0.4, 0.5) is 0 Å². The molecule has 0 atom stereocenters. The summed E-state index contributed by atoms with van der Waals surface area (Å²) in [5, 5.41) is 0. The minimum absolute atomic E-state index is 1.23. The molecule has 0 aliphatic heterocycles. The molecule has 0 aliphatic carbocycles. The molecule has 0 aromatic carbocycles. The zero-order chi connectivity index (χ0) is 30.9. The molecule has 2 heteroatoms. The topological polar surface area (TPSA) is 8.81 Å². The summed E-state index contributed by atoms with van der Waals surface area (Å²) in [7, 11) is 0. The van der Waals surface area contributed by atoms with E-state index in [9.17, 15) is 0 Å². The largest absolute Gasteiger partial charge is 0.256 e. The van der Waals surface area contributed by atoms with Crippen LogP contribution in [0.1, 0.15) is 232 Å². The molecule has 0 aliphatic rings. The molecule has 0 amide bonds. The molecule has 1 heterocycles. The Hall–Kier alpha value is -0.790. The molecule has 0 unspecified atom stereocenters. The highest BCUT2D eigenvalue weighted by atomic mass is 15.1. The van der Waals surface area contributed by atoms with Crippen molar-refractivity contribution < 1.29 is 4.57 Å². The summed E-state index contributed by atoms with van der Waals surface area (Å²) in [5.41, 5.74) is 0. The lowest BCUT2D eigenvalue weighted by atomic mass is 10.0. The van der Waals surface area contributed by atoms with Crippen LogP contribution < -0.4 is 4.57 Å². The number of unbranched alkanes of at least 4 members (excludes halogenated alkanes) is 29. The quantitative estimate of drug-likeness (QED) is 0.0540. The van der Waals surface area contributed by atoms with Crippen molar-refractivity contribution in [1.82, 2.24) is 4.57 Å². The van der Waals surface area contributed by atoms with E-state index in [0.717, 1.165) is 0 Å². The van der Waals surface area contributed by atoms with Gasteiger partial charge in [-0.2, -0.15) is 0 Å². The molecule has 0 bridgehead atoms. The lowest BCUT2D eigenvalue weighted by Crippen LogP contribution is -2.37. The molecule has 1 aromatic rings. The molecule has 1 rings (SSSR count). The maximum atomic E-state index is 2.61. The minimum Gasteiger partial charge on any atom is -0.234 e. The molecule has 0 spiro atoms. The SMILES string of the molecule is CCCCCCCCCCCCCCCCC[n+]1ccn(CCCCCCCCCCCCCCCC)c1CCCCC. The van der Waals surface area contributed by atoms with Gasteiger partial charge in [-0.05, 0) is 32.1 Å². The molecule has 0 saturated heterocycles. The maximum Gasteiger partial charge on any atom is 0.256 e. The number of hydrogen-bond acceptors (Lipinski definition) is 0. The first kappa shape index (κ1) is 40.2. The summed E-state index contributed by atoms with van der Waals surface area (Å²) in [4.78, 5) is 0. The lowest BCUT2D eigenvalue weighted by molar-refractivity contribution is -0.704. The van der Waals surface area contributed by atoms with E-state index in [1.165, 1.54) is 225 Å². The highest BCUT2D eigenvalue weighted by Gasteiger charge is 2.16. The van der Waals surface area contributed by atoms with Crippen LogP contribution in [0.5, 0.6) is 0 Å². The highest BCUT2D eigenvalue weighted by molar-refractivity contribution is 4.84. The maximum absolute atomic E-state index is 2.61. The zero-order valence-electron chi connectivity index (χ0n) is 30.3. The van der Waals surface area contributed by atoms with Crippen LogP contribution in [0.15, 0.2) is 12.4 Å². The molecular formula is C41H81N2+. The van der Waals surface area contributed by atoms with Crippen molar-refractivity contribution in [3.63, 3.8) is 0 Å². The van der Waals surface area contributed by atoms with E-state index >= 15 is 0 Å². The van der Waals surface area contributed by atoms with Crippen molar-refractivity contribution >= 4 is 0 Å². The second-order valence-electron chi connectivity index (χ2n) is 14.1. The predicted octanol–water partition coefficient (Wildman–Crippen LogP) is 13.9. The number of nitrogens with zero attached hydrogens (tertiary/aromatic N) is 2. The van der Waals surface area contributed by atoms with Crippen molar-refractivity contribution in [3.05, 3.63) is 18.2 Å². The number of rotatable bonds is 35. The summed E-state index contributed by atoms with van der Waals surface area (Å²) in [5.74, 6) is 1.61. The molecule has 0 fully saturated rings. The first-order valence-electron chi connectivity index (χ1n) is 20.4. The normalized spacial score (nSPS) is 11.6. The summed E-state index contributed by atoms with van der Waals surface area (Å²) in [6.45, 7) is 9.40. The van der Waals surface area contributed by atoms with Crippen LogP contribution in [0.3, 0.4) is 0 Å². The van der Waals surface area contributed by atoms with Gasteiger partial charge in [0.2, 0.25) is 0 Å². The van der Waals surface area contributed by atoms with Gasteiger partial charge in [0.15, 0.2) is 0 Å². The van der Waals surface area contributed by atoms with Crippen LogP contribution in [-0.4, -0.2) is 4.57 Å². The highest BCUT2D eigenvalue weighted by Crippen LogP contribution is 2.15. The van der Waals surface area contributed by atoms with Gasteiger partial charge in [-0.25, -0.2) is 9.13 Å². The second-order valence-corrected chi connectivity index (χ2v) is 14.1. The minimum atomic E-state index is 1.23. The second kappa shape index (κ2) is 32.6. The van der Waals surface area contributed by atoms with E-state index in [1.54, 1.807) is 5.82 Å². The van der Waals surface area contributed by atoms with Crippen LogP contribution >= 0.6 is 0 Å². The van der Waals surface area contributed by atoms with Crippen molar-refractivity contribution in [2.24, 2.45) is 0 Å². The summed E-state index contributed by atoms with van der Waals surface area (Å²) in [6.07, 6.45) is 51.9. The van der Waals surface area contributed by atoms with E-state index in [4.69, 9.17) is 0 Å². The van der Waals surface area contributed by atoms with Crippen LogP contribution in [0.2, 0.25) is 0 Å². The number of aryl methyl sites for hydroxylation is 2. The van der Waals surface area contributed by atoms with Crippen LogP contribution in [-0.2, 0) is 19.5 Å². The number of hydrogen-bond donors (Lipinski definition) is 0. The fourth-order valence-electron chi connectivity index (χ4n) is 6.86. The summed E-state index contributed by atoms with van der Waals surface area (Å²) < 4.78 is 5.23. The van der Waals surface area contributed by atoms with Crippen LogP contribution in [0, 0.1) is 0 Å². The Morgan fingerprint density at radius 2 is 0.721 bits per heavy atom. The molecule has 43 heavy (non-hydrogen) atoms. The third-order valence-corrected chi connectivity index (χ3v) is 9.85. The number of aromatic nitrogens is 2. The molecule has 0 saturated carbocycles. The fourth-order valence-corrected chi connectivity index (χ4v) is 6.86. The Bertz CT molecular complexity index is 663. The van der Waals surface area contributed by atoms with Crippen molar-refractivity contribution in [2.75, 3.05) is 0 Å². The van der Waals surface area contributed by atoms with Gasteiger partial charge in [-0.15, -0.1) is 0 Å². The molecule has 0 radical (unpaired) electrons. The summed E-state index contributed by atoms with van der Waals surface area (Å²) >= 11 is 0. The first-order valence-corrected chi connectivity index (χ1v) is 20.4. The first-order chi connectivity index (χ1) is 21.3. The molecule has 2 nitrogen and oxygen atoms in total. The van der Waals surface area contributed by atoms with E-state index < -0.39 is 0 Å². The van der Waals surface area contributed by atoms with E-state index in [-0.39, 0.29) is 0 Å². The zero-order valence-corrected chi connectivity index (χ0v) is 30.3. The molecular weight excluding hydrogens is 520 g/mol. The van der Waals surface area contributed by atoms with Gasteiger partial charge in [0.1, 0.15) is 12.4 Å². The van der Waals surface area contributed by atoms with Gasteiger partial charge in [-0.1, -0.05) is 194 Å². The molecule has 254 valence electrons. The Morgan fingerprint density at radius 1 is 0.395 bits per heavy atom. The van der Waals surface area contributed by atoms with Crippen molar-refractivity contribution in [3.8, 4) is 0 Å². The third-order valence-electron chi connectivity index (χ3n) is 9.85. The Kier molecular flexibility index (Phi) is 30.5. The smallest absolute Gasteiger partial charge is 0.234 e. The monoisotopic (exact) mass is 602 g/mol. The fraction of sp³-hybridized carbons (Fsp3) is 0.927. The average molecular weight is 602 g/mol. The van der Waals surface area contributed by atoms with Gasteiger partial charge < -0.3 is 0 Å². The Balaban J connectivity index is 2.09. The van der Waals surface area contributed by atoms with Gasteiger partial charge in [-0.3, -0.25) is 0 Å². The summed E-state index contributed by atoms with van der Waals surface area (Å²) in [6, 6.07) is 0. The lowest BCUT2D eigenvalue weighted by Gasteiger charge is -2.07.